The molecule has 9 nitrogen and oxygen atoms in total. The molecule has 1 amide bonds. The van der Waals surface area contributed by atoms with Crippen LogP contribution in [0.3, 0.4) is 0 Å². The number of rotatable bonds is 10. The summed E-state index contributed by atoms with van der Waals surface area (Å²) >= 11 is 0. The molecular weight excluding hydrogens is 460 g/mol. The molecule has 1 saturated heterocycles. The van der Waals surface area contributed by atoms with E-state index in [1.807, 2.05) is 18.2 Å². The standard InChI is InChI=1S/C27H32N4O5/c1-20-2-4-21(5-3-20)15-31(16-22-6-7-24-25(14-22)36-19-35-24)17-26-29-23(18-34-26)27(32)28-8-9-30-10-12-33-13-11-30/h2-7,14,18H,8-13,15-17,19H2,1H3,(H,28,32). The van der Waals surface area contributed by atoms with Gasteiger partial charge in [-0.15, -0.1) is 0 Å². The molecule has 0 unspecified atom stereocenters. The van der Waals surface area contributed by atoms with Crippen LogP contribution in [0, 0.1) is 6.92 Å². The van der Waals surface area contributed by atoms with Crippen molar-refractivity contribution in [2.45, 2.75) is 26.6 Å². The lowest BCUT2D eigenvalue weighted by Crippen LogP contribution is -2.41. The van der Waals surface area contributed by atoms with Crippen molar-refractivity contribution >= 4 is 5.91 Å². The van der Waals surface area contributed by atoms with Gasteiger partial charge in [0.05, 0.1) is 19.8 Å². The highest BCUT2D eigenvalue weighted by molar-refractivity contribution is 5.91. The predicted octanol–water partition coefficient (Wildman–Crippen LogP) is 2.98. The number of carbonyl (C=O) groups is 1. The molecule has 3 heterocycles. The first-order valence-electron chi connectivity index (χ1n) is 12.3. The third-order valence-electron chi connectivity index (χ3n) is 6.33. The van der Waals surface area contributed by atoms with Crippen LogP contribution in [0.2, 0.25) is 0 Å². The van der Waals surface area contributed by atoms with E-state index in [0.29, 0.717) is 37.8 Å². The minimum atomic E-state index is -0.223. The van der Waals surface area contributed by atoms with E-state index in [4.69, 9.17) is 18.6 Å². The van der Waals surface area contributed by atoms with Crippen LogP contribution in [0.4, 0.5) is 0 Å². The molecule has 0 aliphatic carbocycles. The van der Waals surface area contributed by atoms with Crippen LogP contribution in [-0.4, -0.2) is 66.9 Å². The zero-order valence-electron chi connectivity index (χ0n) is 20.6. The number of hydrogen-bond donors (Lipinski definition) is 1. The maximum Gasteiger partial charge on any atom is 0.273 e. The zero-order chi connectivity index (χ0) is 24.7. The number of nitrogens with zero attached hydrogens (tertiary/aromatic N) is 3. The average Bonchev–Trinajstić information content (AvgIpc) is 3.55. The van der Waals surface area contributed by atoms with Crippen molar-refractivity contribution in [3.05, 3.63) is 77.0 Å². The molecule has 5 rings (SSSR count). The summed E-state index contributed by atoms with van der Waals surface area (Å²) in [6.07, 6.45) is 1.43. The molecule has 0 bridgehead atoms. The summed E-state index contributed by atoms with van der Waals surface area (Å²) in [5, 5.41) is 2.94. The Morgan fingerprint density at radius 2 is 1.75 bits per heavy atom. The molecule has 1 aromatic heterocycles. The van der Waals surface area contributed by atoms with Crippen molar-refractivity contribution in [2.75, 3.05) is 46.2 Å². The number of benzene rings is 2. The molecule has 2 aromatic carbocycles. The number of aryl methyl sites for hydroxylation is 1. The van der Waals surface area contributed by atoms with Crippen LogP contribution in [0.5, 0.6) is 11.5 Å². The van der Waals surface area contributed by atoms with Gasteiger partial charge in [-0.05, 0) is 30.2 Å². The second-order valence-electron chi connectivity index (χ2n) is 9.15. The monoisotopic (exact) mass is 492 g/mol. The number of carbonyl (C=O) groups excluding carboxylic acids is 1. The van der Waals surface area contributed by atoms with Crippen LogP contribution in [0.25, 0.3) is 0 Å². The van der Waals surface area contributed by atoms with E-state index in [9.17, 15) is 4.79 Å². The van der Waals surface area contributed by atoms with Crippen molar-refractivity contribution < 1.29 is 23.4 Å². The van der Waals surface area contributed by atoms with E-state index in [1.54, 1.807) is 0 Å². The minimum absolute atomic E-state index is 0.223. The summed E-state index contributed by atoms with van der Waals surface area (Å²) in [4.78, 5) is 21.6. The molecule has 1 N–H and O–H groups in total. The van der Waals surface area contributed by atoms with Crippen LogP contribution >= 0.6 is 0 Å². The highest BCUT2D eigenvalue weighted by atomic mass is 16.7. The van der Waals surface area contributed by atoms with E-state index in [2.05, 4.69) is 51.3 Å². The van der Waals surface area contributed by atoms with E-state index < -0.39 is 0 Å². The lowest BCUT2D eigenvalue weighted by atomic mass is 10.1. The fourth-order valence-electron chi connectivity index (χ4n) is 4.34. The van der Waals surface area contributed by atoms with E-state index in [0.717, 1.165) is 49.9 Å². The van der Waals surface area contributed by atoms with Gasteiger partial charge in [0, 0.05) is 39.3 Å². The van der Waals surface area contributed by atoms with Crippen molar-refractivity contribution in [3.63, 3.8) is 0 Å². The highest BCUT2D eigenvalue weighted by Gasteiger charge is 2.18. The van der Waals surface area contributed by atoms with Crippen LogP contribution in [-0.2, 0) is 24.4 Å². The van der Waals surface area contributed by atoms with Crippen LogP contribution < -0.4 is 14.8 Å². The van der Waals surface area contributed by atoms with E-state index in [1.165, 1.54) is 17.4 Å². The molecule has 0 atom stereocenters. The summed E-state index contributed by atoms with van der Waals surface area (Å²) in [5.41, 5.74) is 3.80. The molecule has 2 aliphatic rings. The molecule has 190 valence electrons. The number of morpholine rings is 1. The van der Waals surface area contributed by atoms with Gasteiger partial charge in [0.15, 0.2) is 17.2 Å². The molecular formula is C27H32N4O5. The van der Waals surface area contributed by atoms with Gasteiger partial charge in [0.25, 0.3) is 5.91 Å². The molecule has 9 heteroatoms. The minimum Gasteiger partial charge on any atom is -0.454 e. The van der Waals surface area contributed by atoms with Crippen molar-refractivity contribution in [3.8, 4) is 11.5 Å². The largest absolute Gasteiger partial charge is 0.454 e. The maximum absolute atomic E-state index is 12.6. The Balaban J connectivity index is 1.22. The summed E-state index contributed by atoms with van der Waals surface area (Å²) in [5.74, 6) is 1.80. The number of amides is 1. The van der Waals surface area contributed by atoms with E-state index >= 15 is 0 Å². The first-order valence-corrected chi connectivity index (χ1v) is 12.3. The Morgan fingerprint density at radius 3 is 2.58 bits per heavy atom. The highest BCUT2D eigenvalue weighted by Crippen LogP contribution is 2.33. The molecule has 36 heavy (non-hydrogen) atoms. The van der Waals surface area contributed by atoms with Gasteiger partial charge in [0.1, 0.15) is 6.26 Å². The van der Waals surface area contributed by atoms with Crippen molar-refractivity contribution in [1.82, 2.24) is 20.1 Å². The zero-order valence-corrected chi connectivity index (χ0v) is 20.6. The van der Waals surface area contributed by atoms with Gasteiger partial charge in [-0.1, -0.05) is 35.9 Å². The van der Waals surface area contributed by atoms with Crippen molar-refractivity contribution in [2.24, 2.45) is 0 Å². The predicted molar refractivity (Wildman–Crippen MR) is 133 cm³/mol. The maximum atomic E-state index is 12.6. The second kappa shape index (κ2) is 11.6. The fourth-order valence-corrected chi connectivity index (χ4v) is 4.34. The molecule has 0 radical (unpaired) electrons. The Labute approximate surface area is 210 Å². The number of aromatic nitrogens is 1. The van der Waals surface area contributed by atoms with Gasteiger partial charge < -0.3 is 23.9 Å². The molecule has 3 aromatic rings. The van der Waals surface area contributed by atoms with Gasteiger partial charge in [-0.25, -0.2) is 4.98 Å². The summed E-state index contributed by atoms with van der Waals surface area (Å²) < 4.78 is 22.0. The van der Waals surface area contributed by atoms with Gasteiger partial charge in [-0.3, -0.25) is 14.6 Å². The Kier molecular flexibility index (Phi) is 7.80. The smallest absolute Gasteiger partial charge is 0.273 e. The molecule has 2 aliphatic heterocycles. The molecule has 0 spiro atoms. The number of oxazole rings is 1. The van der Waals surface area contributed by atoms with Gasteiger partial charge >= 0.3 is 0 Å². The third-order valence-corrected chi connectivity index (χ3v) is 6.33. The Morgan fingerprint density at radius 1 is 1.00 bits per heavy atom. The number of fused-ring (bicyclic) bond motifs is 1. The lowest BCUT2D eigenvalue weighted by Gasteiger charge is -2.26. The second-order valence-corrected chi connectivity index (χ2v) is 9.15. The third kappa shape index (κ3) is 6.42. The number of ether oxygens (including phenoxy) is 3. The topological polar surface area (TPSA) is 89.3 Å². The van der Waals surface area contributed by atoms with Crippen LogP contribution in [0.15, 0.2) is 53.1 Å². The SMILES string of the molecule is Cc1ccc(CN(Cc2ccc3c(c2)OCO3)Cc2nc(C(=O)NCCN3CCOCC3)co2)cc1. The first-order chi connectivity index (χ1) is 17.6. The van der Waals surface area contributed by atoms with Gasteiger partial charge in [-0.2, -0.15) is 0 Å². The lowest BCUT2D eigenvalue weighted by molar-refractivity contribution is 0.0383. The molecule has 1 fully saturated rings. The Hall–Kier alpha value is -3.40. The van der Waals surface area contributed by atoms with Crippen LogP contribution in [0.1, 0.15) is 33.1 Å². The first kappa shape index (κ1) is 24.3. The fraction of sp³-hybridized carbons (Fsp3) is 0.407. The van der Waals surface area contributed by atoms with Crippen molar-refractivity contribution in [1.29, 1.82) is 0 Å². The Bertz CT molecular complexity index is 1160. The normalized spacial score (nSPS) is 15.4. The van der Waals surface area contributed by atoms with Gasteiger partial charge in [0.2, 0.25) is 12.7 Å². The summed E-state index contributed by atoms with van der Waals surface area (Å²) in [7, 11) is 0. The number of nitrogens with one attached hydrogen (secondary N) is 1. The molecule has 0 saturated carbocycles. The summed E-state index contributed by atoms with van der Waals surface area (Å²) in [6, 6.07) is 14.5. The quantitative estimate of drug-likeness (QED) is 0.462. The summed E-state index contributed by atoms with van der Waals surface area (Å²) in [6.45, 7) is 8.78. The average molecular weight is 493 g/mol. The van der Waals surface area contributed by atoms with E-state index in [-0.39, 0.29) is 12.7 Å². The number of hydrogen-bond acceptors (Lipinski definition) is 8.